The van der Waals surface area contributed by atoms with Gasteiger partial charge in [-0.05, 0) is 26.0 Å². The molecule has 0 amide bonds. The van der Waals surface area contributed by atoms with Gasteiger partial charge < -0.3 is 19.5 Å². The van der Waals surface area contributed by atoms with Crippen molar-refractivity contribution in [2.75, 3.05) is 31.3 Å². The Morgan fingerprint density at radius 2 is 1.97 bits per heavy atom. The van der Waals surface area contributed by atoms with E-state index in [0.717, 1.165) is 6.26 Å². The first-order valence-corrected chi connectivity index (χ1v) is 11.0. The minimum absolute atomic E-state index is 0.0742. The Morgan fingerprint density at radius 1 is 1.25 bits per heavy atom. The summed E-state index contributed by atoms with van der Waals surface area (Å²) < 4.78 is 39.8. The molecule has 2 aromatic rings. The number of ether oxygens (including phenoxy) is 3. The molecule has 1 N–H and O–H groups in total. The van der Waals surface area contributed by atoms with Crippen molar-refractivity contribution in [1.82, 2.24) is 9.97 Å². The monoisotopic (exact) mass is 465 g/mol. The van der Waals surface area contributed by atoms with E-state index in [1.807, 2.05) is 6.07 Å². The zero-order valence-corrected chi connectivity index (χ0v) is 18.1. The highest BCUT2D eigenvalue weighted by atomic mass is 32.2. The van der Waals surface area contributed by atoms with E-state index >= 15 is 0 Å². The number of carbonyl (C=O) groups is 1. The molecule has 0 aliphatic heterocycles. The number of nitro groups is 1. The number of nitrogens with one attached hydrogen (secondary N) is 1. The largest absolute Gasteiger partial charge is 0.490 e. The van der Waals surface area contributed by atoms with Crippen LogP contribution in [0.25, 0.3) is 0 Å². The first kappa shape index (κ1) is 24.3. The second kappa shape index (κ2) is 10.4. The van der Waals surface area contributed by atoms with Crippen LogP contribution in [0.15, 0.2) is 23.4 Å². The third kappa shape index (κ3) is 6.01. The van der Waals surface area contributed by atoms with Crippen molar-refractivity contribution < 1.29 is 32.3 Å². The molecule has 1 heterocycles. The maximum Gasteiger partial charge on any atom is 0.373 e. The molecular weight excluding hydrogens is 446 g/mol. The normalized spacial score (nSPS) is 10.7. The highest BCUT2D eigenvalue weighted by Crippen LogP contribution is 2.39. The summed E-state index contributed by atoms with van der Waals surface area (Å²) >= 11 is 0. The predicted octanol–water partition coefficient (Wildman–Crippen LogP) is 1.83. The van der Waals surface area contributed by atoms with Crippen LogP contribution in [0.5, 0.6) is 17.4 Å². The number of hydrogen-bond acceptors (Lipinski definition) is 12. The van der Waals surface area contributed by atoms with Gasteiger partial charge in [-0.1, -0.05) is 0 Å². The van der Waals surface area contributed by atoms with E-state index in [1.165, 1.54) is 18.2 Å². The molecule has 0 aliphatic carbocycles. The van der Waals surface area contributed by atoms with Crippen molar-refractivity contribution in [2.45, 2.75) is 19.0 Å². The molecule has 1 aromatic heterocycles. The van der Waals surface area contributed by atoms with Gasteiger partial charge in [0.2, 0.25) is 15.7 Å². The van der Waals surface area contributed by atoms with Crippen LogP contribution in [0.2, 0.25) is 0 Å². The molecule has 0 spiro atoms. The van der Waals surface area contributed by atoms with E-state index < -0.39 is 49.8 Å². The van der Waals surface area contributed by atoms with Gasteiger partial charge in [-0.3, -0.25) is 14.9 Å². The van der Waals surface area contributed by atoms with E-state index in [9.17, 15) is 23.3 Å². The molecule has 0 saturated carbocycles. The van der Waals surface area contributed by atoms with E-state index in [2.05, 4.69) is 15.3 Å². The van der Waals surface area contributed by atoms with Gasteiger partial charge in [0, 0.05) is 12.3 Å². The summed E-state index contributed by atoms with van der Waals surface area (Å²) in [5.74, 6) is -2.01. The molecule has 13 nitrogen and oxygen atoms in total. The molecule has 0 saturated heterocycles. The molecule has 0 unspecified atom stereocenters. The van der Waals surface area contributed by atoms with Crippen molar-refractivity contribution in [3.05, 3.63) is 33.9 Å². The minimum Gasteiger partial charge on any atom is -0.490 e. The summed E-state index contributed by atoms with van der Waals surface area (Å²) in [6.45, 7) is 3.03. The van der Waals surface area contributed by atoms with Crippen LogP contribution >= 0.6 is 0 Å². The second-order valence-corrected chi connectivity index (χ2v) is 7.91. The van der Waals surface area contributed by atoms with E-state index in [4.69, 9.17) is 19.5 Å². The van der Waals surface area contributed by atoms with E-state index in [-0.39, 0.29) is 30.3 Å². The van der Waals surface area contributed by atoms with E-state index in [1.54, 1.807) is 13.8 Å². The summed E-state index contributed by atoms with van der Waals surface area (Å²) in [6, 6.07) is 6.01. The Bertz CT molecular complexity index is 1180. The summed E-state index contributed by atoms with van der Waals surface area (Å²) in [5, 5.41) is 22.5. The Morgan fingerprint density at radius 3 is 2.53 bits per heavy atom. The van der Waals surface area contributed by atoms with Crippen LogP contribution in [0.4, 0.5) is 11.5 Å². The number of nitriles is 1. The fraction of sp³-hybridized carbons (Fsp3) is 0.333. The highest BCUT2D eigenvalue weighted by Gasteiger charge is 2.30. The van der Waals surface area contributed by atoms with Gasteiger partial charge in [-0.15, -0.1) is 0 Å². The topological polar surface area (TPSA) is 184 Å². The lowest BCUT2D eigenvalue weighted by molar-refractivity contribution is -0.385. The standard InChI is InChI=1S/C18H19N5O8S/c1-4-29-12-7-6-11(9-19)8-13(12)31-17-15(23(25)26)16(20-10-14(24)30-5-2)21-18(22-17)32(3,27)28/h6-8H,4-5,10H2,1-3H3,(H,20,21,22). The maximum absolute atomic E-state index is 12.0. The van der Waals surface area contributed by atoms with Crippen molar-refractivity contribution >= 4 is 27.3 Å². The molecule has 0 bridgehead atoms. The fourth-order valence-corrected chi connectivity index (χ4v) is 2.85. The number of esters is 1. The van der Waals surface area contributed by atoms with Crippen LogP contribution in [0, 0.1) is 21.4 Å². The Hall–Kier alpha value is -3.99. The number of anilines is 1. The van der Waals surface area contributed by atoms with Crippen LogP contribution < -0.4 is 14.8 Å². The summed E-state index contributed by atoms with van der Waals surface area (Å²) in [6.07, 6.45) is 0.801. The molecule has 0 fully saturated rings. The van der Waals surface area contributed by atoms with Crippen molar-refractivity contribution in [2.24, 2.45) is 0 Å². The molecule has 0 atom stereocenters. The second-order valence-electron chi connectivity index (χ2n) is 6.00. The zero-order chi connectivity index (χ0) is 23.9. The van der Waals surface area contributed by atoms with Gasteiger partial charge in [0.05, 0.1) is 29.8 Å². The average Bonchev–Trinajstić information content (AvgIpc) is 2.72. The average molecular weight is 465 g/mol. The highest BCUT2D eigenvalue weighted by molar-refractivity contribution is 7.90. The molecule has 1 aromatic carbocycles. The zero-order valence-electron chi connectivity index (χ0n) is 17.3. The molecule has 32 heavy (non-hydrogen) atoms. The Balaban J connectivity index is 2.65. The third-order valence-corrected chi connectivity index (χ3v) is 4.48. The molecule has 0 radical (unpaired) electrons. The first-order chi connectivity index (χ1) is 15.1. The number of hydrogen-bond donors (Lipinski definition) is 1. The molecule has 14 heteroatoms. The van der Waals surface area contributed by atoms with Gasteiger partial charge in [-0.25, -0.2) is 8.42 Å². The van der Waals surface area contributed by atoms with Gasteiger partial charge in [-0.2, -0.15) is 15.2 Å². The number of benzene rings is 1. The van der Waals surface area contributed by atoms with Crippen LogP contribution in [0.1, 0.15) is 19.4 Å². The molecule has 170 valence electrons. The summed E-state index contributed by atoms with van der Waals surface area (Å²) in [5.41, 5.74) is -0.671. The Labute approximate surface area is 183 Å². The Kier molecular flexibility index (Phi) is 7.86. The molecule has 2 rings (SSSR count). The summed E-state index contributed by atoms with van der Waals surface area (Å²) in [4.78, 5) is 29.9. The van der Waals surface area contributed by atoms with Crippen LogP contribution in [-0.2, 0) is 19.4 Å². The third-order valence-electron chi connectivity index (χ3n) is 3.63. The van der Waals surface area contributed by atoms with Crippen molar-refractivity contribution in [3.63, 3.8) is 0 Å². The number of aromatic nitrogens is 2. The van der Waals surface area contributed by atoms with Crippen LogP contribution in [0.3, 0.4) is 0 Å². The SMILES string of the molecule is CCOC(=O)CNc1nc(S(C)(=O)=O)nc(Oc2cc(C#N)ccc2OCC)c1[N+](=O)[O-]. The van der Waals surface area contributed by atoms with Crippen LogP contribution in [-0.4, -0.2) is 55.3 Å². The van der Waals surface area contributed by atoms with Gasteiger partial charge in [0.15, 0.2) is 11.5 Å². The summed E-state index contributed by atoms with van der Waals surface area (Å²) in [7, 11) is -4.03. The first-order valence-electron chi connectivity index (χ1n) is 9.11. The molecule has 0 aliphatic rings. The maximum atomic E-state index is 12.0. The number of carbonyl (C=O) groups excluding carboxylic acids is 1. The number of rotatable bonds is 10. The number of sulfone groups is 1. The van der Waals surface area contributed by atoms with Gasteiger partial charge in [0.25, 0.3) is 5.16 Å². The fourth-order valence-electron chi connectivity index (χ4n) is 2.34. The smallest absolute Gasteiger partial charge is 0.373 e. The predicted molar refractivity (Wildman–Crippen MR) is 109 cm³/mol. The van der Waals surface area contributed by atoms with Crippen molar-refractivity contribution in [3.8, 4) is 23.4 Å². The lowest BCUT2D eigenvalue weighted by atomic mass is 10.2. The lowest BCUT2D eigenvalue weighted by Gasteiger charge is -2.13. The lowest BCUT2D eigenvalue weighted by Crippen LogP contribution is -2.19. The van der Waals surface area contributed by atoms with Gasteiger partial charge in [0.1, 0.15) is 6.54 Å². The quantitative estimate of drug-likeness (QED) is 0.233. The minimum atomic E-state index is -4.03. The van der Waals surface area contributed by atoms with Gasteiger partial charge >= 0.3 is 17.5 Å². The van der Waals surface area contributed by atoms with Crippen molar-refractivity contribution in [1.29, 1.82) is 5.26 Å². The molecular formula is C18H19N5O8S. The number of nitrogens with zero attached hydrogens (tertiary/aromatic N) is 4. The van der Waals surface area contributed by atoms with E-state index in [0.29, 0.717) is 0 Å².